The molecular weight excluding hydrogens is 401 g/mol. The first-order chi connectivity index (χ1) is 13.7. The average molecular weight is 419 g/mol. The van der Waals surface area contributed by atoms with Gasteiger partial charge in [-0.3, -0.25) is 0 Å². The van der Waals surface area contributed by atoms with Gasteiger partial charge in [0.15, 0.2) is 0 Å². The Morgan fingerprint density at radius 3 is 1.71 bits per heavy atom. The van der Waals surface area contributed by atoms with E-state index in [9.17, 15) is 0 Å². The zero-order chi connectivity index (χ0) is 18.9. The van der Waals surface area contributed by atoms with Gasteiger partial charge in [0.05, 0.1) is 15.9 Å². The second-order valence-corrected chi connectivity index (χ2v) is 13.7. The second-order valence-electron chi connectivity index (χ2n) is 7.83. The molecule has 0 nitrogen and oxygen atoms in total. The predicted octanol–water partition coefficient (Wildman–Crippen LogP) is 4.87. The molecule has 4 heteroatoms. The van der Waals surface area contributed by atoms with Gasteiger partial charge < -0.3 is 22.9 Å². The van der Waals surface area contributed by atoms with Gasteiger partial charge in [-0.05, 0) is 72.2 Å². The van der Waals surface area contributed by atoms with E-state index in [4.69, 9.17) is 22.9 Å². The molecule has 0 fully saturated rings. The molecule has 0 bridgehead atoms. The van der Waals surface area contributed by atoms with Gasteiger partial charge in [0.25, 0.3) is 0 Å². The zero-order valence-electron chi connectivity index (χ0n) is 15.3. The van der Waals surface area contributed by atoms with Gasteiger partial charge in [-0.15, -0.1) is 5.46 Å². The van der Waals surface area contributed by atoms with Crippen LogP contribution in [0.3, 0.4) is 0 Å². The number of halogens is 2. The Morgan fingerprint density at radius 2 is 1.14 bits per heavy atom. The SMILES string of the molecule is Cl[B-]1(Cl)c2ccc3c4c(ccc(c24)[P+]1(c1ccccc1)c1ccccc1)CC3. The van der Waals surface area contributed by atoms with Gasteiger partial charge in [-0.25, -0.2) is 0 Å². The Bertz CT molecular complexity index is 1190. The molecule has 1 aliphatic heterocycles. The van der Waals surface area contributed by atoms with Gasteiger partial charge in [0.2, 0.25) is 0 Å². The van der Waals surface area contributed by atoms with Crippen LogP contribution in [-0.4, -0.2) is 4.70 Å². The number of hydrogen-bond acceptors (Lipinski definition) is 0. The third kappa shape index (κ3) is 1.93. The normalized spacial score (nSPS) is 17.9. The molecule has 6 rings (SSSR count). The van der Waals surface area contributed by atoms with Crippen molar-refractivity contribution in [3.63, 3.8) is 0 Å². The van der Waals surface area contributed by atoms with Gasteiger partial charge in [0.1, 0.15) is 0 Å². The van der Waals surface area contributed by atoms with Crippen molar-refractivity contribution in [1.29, 1.82) is 0 Å². The van der Waals surface area contributed by atoms with Crippen LogP contribution >= 0.6 is 30.1 Å². The zero-order valence-corrected chi connectivity index (χ0v) is 17.7. The highest BCUT2D eigenvalue weighted by atomic mass is 35.5. The van der Waals surface area contributed by atoms with Gasteiger partial charge in [-0.1, -0.05) is 54.6 Å². The molecule has 136 valence electrons. The summed E-state index contributed by atoms with van der Waals surface area (Å²) in [4.78, 5) is 0. The summed E-state index contributed by atoms with van der Waals surface area (Å²) >= 11 is 15.0. The van der Waals surface area contributed by atoms with Crippen LogP contribution in [0.5, 0.6) is 0 Å². The van der Waals surface area contributed by atoms with E-state index in [1.165, 1.54) is 37.8 Å². The predicted molar refractivity (Wildman–Crippen MR) is 127 cm³/mol. The molecule has 0 radical (unpaired) electrons. The smallest absolute Gasteiger partial charge is 0.313 e. The maximum absolute atomic E-state index is 7.50. The Labute approximate surface area is 175 Å². The van der Waals surface area contributed by atoms with E-state index in [-0.39, 0.29) is 0 Å². The molecule has 0 saturated carbocycles. The van der Waals surface area contributed by atoms with Crippen molar-refractivity contribution >= 4 is 66.9 Å². The van der Waals surface area contributed by atoms with Crippen molar-refractivity contribution in [3.05, 3.63) is 96.1 Å². The van der Waals surface area contributed by atoms with Crippen LogP contribution in [0.1, 0.15) is 11.1 Å². The van der Waals surface area contributed by atoms with Crippen molar-refractivity contribution in [2.24, 2.45) is 0 Å². The van der Waals surface area contributed by atoms with E-state index in [2.05, 4.69) is 84.9 Å². The highest BCUT2D eigenvalue weighted by Gasteiger charge is 2.62. The van der Waals surface area contributed by atoms with Crippen LogP contribution in [-0.2, 0) is 12.8 Å². The fourth-order valence-corrected chi connectivity index (χ4v) is 12.6. The summed E-state index contributed by atoms with van der Waals surface area (Å²) < 4.78 is -1.83. The molecule has 0 saturated heterocycles. The lowest BCUT2D eigenvalue weighted by Crippen LogP contribution is -2.46. The lowest BCUT2D eigenvalue weighted by atomic mass is 9.85. The van der Waals surface area contributed by atoms with Gasteiger partial charge in [-0.2, -0.15) is 0 Å². The Kier molecular flexibility index (Phi) is 3.58. The highest BCUT2D eigenvalue weighted by molar-refractivity contribution is 8.34. The van der Waals surface area contributed by atoms with Crippen LogP contribution in [0.4, 0.5) is 0 Å². The van der Waals surface area contributed by atoms with Crippen LogP contribution in [0.2, 0.25) is 0 Å². The minimum atomic E-state index is -2.23. The van der Waals surface area contributed by atoms with E-state index in [0.717, 1.165) is 18.3 Å². The average Bonchev–Trinajstić information content (AvgIpc) is 3.23. The van der Waals surface area contributed by atoms with Gasteiger partial charge >= 0.3 is 4.70 Å². The Morgan fingerprint density at radius 1 is 0.607 bits per heavy atom. The van der Waals surface area contributed by atoms with E-state index in [1.807, 2.05) is 0 Å². The second kappa shape index (κ2) is 5.86. The molecule has 0 aromatic heterocycles. The summed E-state index contributed by atoms with van der Waals surface area (Å²) in [5.41, 5.74) is 4.02. The molecule has 0 N–H and O–H groups in total. The summed E-state index contributed by atoms with van der Waals surface area (Å²) in [6.45, 7) is 0. The maximum Gasteiger partial charge on any atom is 0.370 e. The Hall–Kier alpha value is -1.79. The molecule has 0 spiro atoms. The number of hydrogen-bond donors (Lipinski definition) is 0. The van der Waals surface area contributed by atoms with E-state index in [1.54, 1.807) is 0 Å². The third-order valence-electron chi connectivity index (χ3n) is 6.57. The number of rotatable bonds is 2. The van der Waals surface area contributed by atoms with Crippen LogP contribution in [0.15, 0.2) is 84.9 Å². The Balaban J connectivity index is 1.84. The number of benzene rings is 4. The summed E-state index contributed by atoms with van der Waals surface area (Å²) in [7, 11) is -2.23. The summed E-state index contributed by atoms with van der Waals surface area (Å²) in [6, 6.07) is 30.6. The van der Waals surface area contributed by atoms with E-state index < -0.39 is 11.8 Å². The van der Waals surface area contributed by atoms with Crippen LogP contribution in [0, 0.1) is 0 Å². The van der Waals surface area contributed by atoms with Crippen molar-refractivity contribution in [2.45, 2.75) is 12.8 Å². The monoisotopic (exact) mass is 418 g/mol. The lowest BCUT2D eigenvalue weighted by molar-refractivity contribution is 1.02. The van der Waals surface area contributed by atoms with Crippen molar-refractivity contribution in [1.82, 2.24) is 0 Å². The molecule has 0 atom stereocenters. The number of aryl methyl sites for hydroxylation is 2. The molecule has 1 aliphatic carbocycles. The third-order valence-corrected chi connectivity index (χ3v) is 13.4. The fraction of sp³-hybridized carbons (Fsp3) is 0.0833. The lowest BCUT2D eigenvalue weighted by Gasteiger charge is -2.39. The summed E-state index contributed by atoms with van der Waals surface area (Å²) in [6.07, 6.45) is 2.23. The topological polar surface area (TPSA) is 0 Å². The van der Waals surface area contributed by atoms with Crippen molar-refractivity contribution in [2.75, 3.05) is 0 Å². The molecule has 2 aliphatic rings. The quantitative estimate of drug-likeness (QED) is 0.322. The van der Waals surface area contributed by atoms with E-state index in [0.29, 0.717) is 0 Å². The standard InChI is InChI=1S/C24H18BCl2P/c26-25(27)21-15-13-17-11-12-18-14-16-22(24(21)23(17)18)28(25,19-7-3-1-4-8-19)20-9-5-2-6-10-20/h1-10,13-16H,11-12H2. The largest absolute Gasteiger partial charge is 0.370 e. The molecule has 1 heterocycles. The first kappa shape index (κ1) is 17.1. The maximum atomic E-state index is 7.50. The molecule has 0 amide bonds. The van der Waals surface area contributed by atoms with Crippen molar-refractivity contribution < 1.29 is 0 Å². The molecule has 4 aromatic carbocycles. The van der Waals surface area contributed by atoms with Crippen LogP contribution < -0.4 is 21.4 Å². The minimum Gasteiger partial charge on any atom is -0.313 e. The molecule has 28 heavy (non-hydrogen) atoms. The summed E-state index contributed by atoms with van der Waals surface area (Å²) in [5.74, 6) is 0. The highest BCUT2D eigenvalue weighted by Crippen LogP contribution is 2.70. The first-order valence-electron chi connectivity index (χ1n) is 9.75. The fourth-order valence-electron chi connectivity index (χ4n) is 5.43. The van der Waals surface area contributed by atoms with Crippen molar-refractivity contribution in [3.8, 4) is 0 Å². The minimum absolute atomic E-state index is 1.11. The molecule has 4 aromatic rings. The van der Waals surface area contributed by atoms with Crippen LogP contribution in [0.25, 0.3) is 10.8 Å². The molecule has 0 unspecified atom stereocenters. The van der Waals surface area contributed by atoms with E-state index >= 15 is 0 Å². The van der Waals surface area contributed by atoms with Gasteiger partial charge in [0, 0.05) is 0 Å². The summed E-state index contributed by atoms with van der Waals surface area (Å²) in [5, 5.41) is 6.62. The molecular formula is C24H18BCl2P. The first-order valence-corrected chi connectivity index (χ1v) is 12.5.